The van der Waals surface area contributed by atoms with Gasteiger partial charge in [-0.15, -0.1) is 0 Å². The molecule has 4 nitrogen and oxygen atoms in total. The number of ether oxygens (including phenoxy) is 2. The van der Waals surface area contributed by atoms with Crippen molar-refractivity contribution in [2.45, 2.75) is 26.4 Å². The Morgan fingerprint density at radius 1 is 1.04 bits per heavy atom. The number of rotatable bonds is 7. The summed E-state index contributed by atoms with van der Waals surface area (Å²) in [4.78, 5) is 22.6. The van der Waals surface area contributed by atoms with Crippen molar-refractivity contribution in [2.75, 3.05) is 7.11 Å². The molecule has 0 radical (unpaired) electrons. The molecule has 0 N–H and O–H groups in total. The summed E-state index contributed by atoms with van der Waals surface area (Å²) in [7, 11) is 1.36. The molecule has 0 saturated heterocycles. The Morgan fingerprint density at radius 3 is 2.17 bits per heavy atom. The predicted molar refractivity (Wildman–Crippen MR) is 92.2 cm³/mol. The largest absolute Gasteiger partial charge is 0.489 e. The van der Waals surface area contributed by atoms with Crippen LogP contribution >= 0.6 is 0 Å². The van der Waals surface area contributed by atoms with Crippen LogP contribution in [0.1, 0.15) is 41.3 Å². The second-order valence-electron chi connectivity index (χ2n) is 5.95. The molecule has 0 aliphatic carbocycles. The summed E-state index contributed by atoms with van der Waals surface area (Å²) < 4.78 is 10.4. The van der Waals surface area contributed by atoms with Crippen LogP contribution in [0.2, 0.25) is 0 Å². The van der Waals surface area contributed by atoms with E-state index in [2.05, 4.69) is 4.74 Å². The highest BCUT2D eigenvalue weighted by molar-refractivity contribution is 5.89. The molecule has 0 aromatic heterocycles. The van der Waals surface area contributed by atoms with E-state index in [1.165, 1.54) is 7.11 Å². The molecular formula is C20H22O4. The van der Waals surface area contributed by atoms with E-state index in [-0.39, 0.29) is 17.8 Å². The standard InChI is InChI=1S/C20H22O4/c1-14(2)19(12-21)16-8-10-18(11-9-16)24-13-15-4-6-17(7-5-15)20(22)23-3/h4-12,14,19H,13H2,1-3H3. The number of hydrogen-bond acceptors (Lipinski definition) is 4. The smallest absolute Gasteiger partial charge is 0.337 e. The Hall–Kier alpha value is -2.62. The van der Waals surface area contributed by atoms with Crippen LogP contribution in [0.3, 0.4) is 0 Å². The first-order valence-corrected chi connectivity index (χ1v) is 7.90. The number of esters is 1. The van der Waals surface area contributed by atoms with Crippen molar-refractivity contribution in [2.24, 2.45) is 5.92 Å². The van der Waals surface area contributed by atoms with Gasteiger partial charge in [-0.2, -0.15) is 0 Å². The third kappa shape index (κ3) is 4.44. The SMILES string of the molecule is COC(=O)c1ccc(COc2ccc(C(C=O)C(C)C)cc2)cc1. The Balaban J connectivity index is 1.97. The van der Waals surface area contributed by atoms with Crippen LogP contribution in [0.5, 0.6) is 5.75 Å². The summed E-state index contributed by atoms with van der Waals surface area (Å²) in [5.74, 6) is 0.560. The summed E-state index contributed by atoms with van der Waals surface area (Å²) in [6.45, 7) is 4.46. The minimum atomic E-state index is -0.354. The lowest BCUT2D eigenvalue weighted by atomic mass is 9.90. The van der Waals surface area contributed by atoms with Crippen molar-refractivity contribution in [3.05, 3.63) is 65.2 Å². The van der Waals surface area contributed by atoms with Crippen LogP contribution in [-0.4, -0.2) is 19.4 Å². The fraction of sp³-hybridized carbons (Fsp3) is 0.300. The fourth-order valence-corrected chi connectivity index (χ4v) is 2.43. The van der Waals surface area contributed by atoms with Gasteiger partial charge in [0.25, 0.3) is 0 Å². The zero-order valence-electron chi connectivity index (χ0n) is 14.2. The van der Waals surface area contributed by atoms with Gasteiger partial charge in [0.05, 0.1) is 12.7 Å². The van der Waals surface area contributed by atoms with Crippen molar-refractivity contribution in [3.63, 3.8) is 0 Å². The van der Waals surface area contributed by atoms with Gasteiger partial charge in [0, 0.05) is 5.92 Å². The van der Waals surface area contributed by atoms with E-state index in [0.29, 0.717) is 12.2 Å². The molecule has 0 heterocycles. The molecule has 0 aliphatic heterocycles. The summed E-state index contributed by atoms with van der Waals surface area (Å²) in [6.07, 6.45) is 0.989. The lowest BCUT2D eigenvalue weighted by molar-refractivity contribution is -0.109. The Bertz CT molecular complexity index is 672. The van der Waals surface area contributed by atoms with Gasteiger partial charge < -0.3 is 14.3 Å². The first kappa shape index (κ1) is 17.7. The highest BCUT2D eigenvalue weighted by Crippen LogP contribution is 2.24. The molecule has 0 bridgehead atoms. The van der Waals surface area contributed by atoms with Gasteiger partial charge in [0.2, 0.25) is 0 Å². The van der Waals surface area contributed by atoms with Gasteiger partial charge in [0.1, 0.15) is 18.6 Å². The van der Waals surface area contributed by atoms with Gasteiger partial charge in [-0.25, -0.2) is 4.79 Å². The maximum atomic E-state index is 11.4. The number of methoxy groups -OCH3 is 1. The number of carbonyl (C=O) groups excluding carboxylic acids is 2. The normalized spacial score (nSPS) is 11.8. The average molecular weight is 326 g/mol. The Labute approximate surface area is 142 Å². The van der Waals surface area contributed by atoms with Crippen LogP contribution in [-0.2, 0) is 16.1 Å². The second kappa shape index (κ2) is 8.29. The molecule has 0 amide bonds. The summed E-state index contributed by atoms with van der Waals surface area (Å²) in [5.41, 5.74) is 2.47. The molecule has 2 rings (SSSR count). The Kier molecular flexibility index (Phi) is 6.13. The van der Waals surface area contributed by atoms with Crippen LogP contribution in [0.25, 0.3) is 0 Å². The monoisotopic (exact) mass is 326 g/mol. The highest BCUT2D eigenvalue weighted by Gasteiger charge is 2.14. The van der Waals surface area contributed by atoms with Crippen molar-refractivity contribution >= 4 is 12.3 Å². The third-order valence-electron chi connectivity index (χ3n) is 3.91. The molecule has 4 heteroatoms. The number of carbonyl (C=O) groups is 2. The minimum Gasteiger partial charge on any atom is -0.489 e. The molecule has 2 aromatic rings. The molecule has 0 spiro atoms. The highest BCUT2D eigenvalue weighted by atomic mass is 16.5. The third-order valence-corrected chi connectivity index (χ3v) is 3.91. The molecule has 0 saturated carbocycles. The van der Waals surface area contributed by atoms with Crippen molar-refractivity contribution in [1.29, 1.82) is 0 Å². The zero-order valence-corrected chi connectivity index (χ0v) is 14.2. The maximum Gasteiger partial charge on any atom is 0.337 e. The van der Waals surface area contributed by atoms with E-state index < -0.39 is 0 Å². The van der Waals surface area contributed by atoms with Gasteiger partial charge in [-0.1, -0.05) is 38.1 Å². The van der Waals surface area contributed by atoms with Gasteiger partial charge in [-0.3, -0.25) is 0 Å². The maximum absolute atomic E-state index is 11.4. The van der Waals surface area contributed by atoms with Crippen molar-refractivity contribution in [3.8, 4) is 5.75 Å². The zero-order chi connectivity index (χ0) is 17.5. The predicted octanol–water partition coefficient (Wildman–Crippen LogP) is 3.99. The molecule has 0 fully saturated rings. The molecule has 0 aliphatic rings. The average Bonchev–Trinajstić information content (AvgIpc) is 2.61. The molecule has 1 unspecified atom stereocenters. The van der Waals surface area contributed by atoms with E-state index in [1.54, 1.807) is 12.1 Å². The fourth-order valence-electron chi connectivity index (χ4n) is 2.43. The first-order chi connectivity index (χ1) is 11.5. The lowest BCUT2D eigenvalue weighted by Crippen LogP contribution is -2.07. The van der Waals surface area contributed by atoms with Crippen molar-refractivity contribution < 1.29 is 19.1 Å². The van der Waals surface area contributed by atoms with Gasteiger partial charge in [-0.05, 0) is 41.3 Å². The first-order valence-electron chi connectivity index (χ1n) is 7.90. The van der Waals surface area contributed by atoms with Crippen LogP contribution in [0, 0.1) is 5.92 Å². The molecule has 126 valence electrons. The summed E-state index contributed by atoms with van der Waals surface area (Å²) in [6, 6.07) is 14.7. The van der Waals surface area contributed by atoms with Crippen LogP contribution < -0.4 is 4.74 Å². The van der Waals surface area contributed by atoms with E-state index >= 15 is 0 Å². The lowest BCUT2D eigenvalue weighted by Gasteiger charge is -2.15. The minimum absolute atomic E-state index is 0.0927. The number of aldehydes is 1. The summed E-state index contributed by atoms with van der Waals surface area (Å²) in [5, 5.41) is 0. The van der Waals surface area contributed by atoms with E-state index in [9.17, 15) is 9.59 Å². The number of hydrogen-bond donors (Lipinski definition) is 0. The van der Waals surface area contributed by atoms with Crippen molar-refractivity contribution in [1.82, 2.24) is 0 Å². The quantitative estimate of drug-likeness (QED) is 0.570. The molecule has 2 aromatic carbocycles. The van der Waals surface area contributed by atoms with Crippen LogP contribution in [0.4, 0.5) is 0 Å². The molecule has 24 heavy (non-hydrogen) atoms. The van der Waals surface area contributed by atoms with E-state index in [4.69, 9.17) is 4.74 Å². The van der Waals surface area contributed by atoms with Gasteiger partial charge in [0.15, 0.2) is 0 Å². The molecule has 1 atom stereocenters. The number of benzene rings is 2. The van der Waals surface area contributed by atoms with E-state index in [0.717, 1.165) is 23.2 Å². The summed E-state index contributed by atoms with van der Waals surface area (Å²) >= 11 is 0. The Morgan fingerprint density at radius 2 is 1.67 bits per heavy atom. The van der Waals surface area contributed by atoms with E-state index in [1.807, 2.05) is 50.2 Å². The topological polar surface area (TPSA) is 52.6 Å². The molecular weight excluding hydrogens is 304 g/mol. The second-order valence-corrected chi connectivity index (χ2v) is 5.95. The van der Waals surface area contributed by atoms with Gasteiger partial charge >= 0.3 is 5.97 Å². The van der Waals surface area contributed by atoms with Crippen LogP contribution in [0.15, 0.2) is 48.5 Å².